The summed E-state index contributed by atoms with van der Waals surface area (Å²) < 4.78 is 0. The Kier molecular flexibility index (Phi) is 8.38. The minimum atomic E-state index is 0. The molecule has 0 heterocycles. The van der Waals surface area contributed by atoms with E-state index < -0.39 is 0 Å². The maximum absolute atomic E-state index is 3.64. The third kappa shape index (κ3) is 89.7. The molecular formula is C4H9V+. The number of rotatable bonds is 0. The molecule has 0 saturated heterocycles. The van der Waals surface area contributed by atoms with Gasteiger partial charge in [0.15, 0.2) is 0 Å². The first-order valence-corrected chi connectivity index (χ1v) is 1.56. The summed E-state index contributed by atoms with van der Waals surface area (Å²) in [5.74, 6) is 0.583. The summed E-state index contributed by atoms with van der Waals surface area (Å²) >= 11 is 0. The fourth-order valence-electron chi connectivity index (χ4n) is 0. The van der Waals surface area contributed by atoms with Crippen molar-refractivity contribution >= 4 is 0 Å². The molecule has 0 N–H and O–H groups in total. The van der Waals surface area contributed by atoms with Crippen LogP contribution < -0.4 is 0 Å². The van der Waals surface area contributed by atoms with Gasteiger partial charge in [0.05, 0.1) is 0 Å². The predicted molar refractivity (Wildman–Crippen MR) is 20.2 cm³/mol. The van der Waals surface area contributed by atoms with Crippen LogP contribution in [0.2, 0.25) is 0 Å². The van der Waals surface area contributed by atoms with Crippen LogP contribution in [0.4, 0.5) is 0 Å². The van der Waals surface area contributed by atoms with E-state index in [9.17, 15) is 0 Å². The normalized spacial score (nSPS) is 7.20. The molecule has 0 fully saturated rings. The van der Waals surface area contributed by atoms with E-state index in [1.54, 1.807) is 0 Å². The van der Waals surface area contributed by atoms with Crippen molar-refractivity contribution in [1.82, 2.24) is 0 Å². The Bertz CT molecular complexity index is 8.36. The molecule has 0 unspecified atom stereocenters. The second kappa shape index (κ2) is 4.58. The molecule has 0 aliphatic rings. The average Bonchev–Trinajstić information content (AvgIpc) is 0.811. The average molecular weight is 108 g/mol. The Morgan fingerprint density at radius 3 is 1.40 bits per heavy atom. The molecule has 0 aliphatic carbocycles. The molecule has 5 heavy (non-hydrogen) atoms. The van der Waals surface area contributed by atoms with E-state index in [1.807, 2.05) is 0 Å². The summed E-state index contributed by atoms with van der Waals surface area (Å²) in [4.78, 5) is 0. The molecule has 0 rings (SSSR count). The first-order valence-electron chi connectivity index (χ1n) is 1.56. The van der Waals surface area contributed by atoms with Gasteiger partial charge in [-0.15, -0.1) is 0 Å². The van der Waals surface area contributed by atoms with Gasteiger partial charge in [-0.1, -0.05) is 13.8 Å². The van der Waals surface area contributed by atoms with Gasteiger partial charge >= 0.3 is 18.6 Å². The van der Waals surface area contributed by atoms with Crippen LogP contribution in [0, 0.1) is 12.8 Å². The van der Waals surface area contributed by atoms with Crippen molar-refractivity contribution in [3.63, 3.8) is 0 Å². The van der Waals surface area contributed by atoms with Gasteiger partial charge in [-0.3, -0.25) is 0 Å². The Morgan fingerprint density at radius 2 is 1.40 bits per heavy atom. The van der Waals surface area contributed by atoms with Crippen LogP contribution in [0.3, 0.4) is 0 Å². The quantitative estimate of drug-likeness (QED) is 0.412. The minimum absolute atomic E-state index is 0. The van der Waals surface area contributed by atoms with Gasteiger partial charge < -0.3 is 6.92 Å². The Balaban J connectivity index is 0. The van der Waals surface area contributed by atoms with E-state index in [-0.39, 0.29) is 18.6 Å². The van der Waals surface area contributed by atoms with Gasteiger partial charge in [0, 0.05) is 0 Å². The molecule has 1 radical (unpaired) electrons. The molecule has 0 aromatic carbocycles. The van der Waals surface area contributed by atoms with E-state index in [1.165, 1.54) is 0 Å². The molecule has 0 spiro atoms. The van der Waals surface area contributed by atoms with E-state index in [0.29, 0.717) is 5.92 Å². The third-order valence-electron chi connectivity index (χ3n) is 0. The zero-order valence-corrected chi connectivity index (χ0v) is 5.13. The summed E-state index contributed by atoms with van der Waals surface area (Å²) in [5, 5.41) is 0. The molecule has 0 aromatic rings. The summed E-state index contributed by atoms with van der Waals surface area (Å²) in [5.41, 5.74) is 0. The van der Waals surface area contributed by atoms with Gasteiger partial charge in [-0.05, 0) is 0 Å². The summed E-state index contributed by atoms with van der Waals surface area (Å²) in [7, 11) is 0. The molecule has 0 bridgehead atoms. The molecule has 0 aromatic heterocycles. The maximum Gasteiger partial charge on any atom is 2.00 e. The molecular weight excluding hydrogens is 99.0 g/mol. The van der Waals surface area contributed by atoms with Gasteiger partial charge in [-0.25, -0.2) is 0 Å². The van der Waals surface area contributed by atoms with Gasteiger partial charge in [0.25, 0.3) is 0 Å². The zero-order chi connectivity index (χ0) is 3.58. The van der Waals surface area contributed by atoms with Crippen molar-refractivity contribution in [3.05, 3.63) is 6.92 Å². The van der Waals surface area contributed by atoms with Crippen LogP contribution in [-0.2, 0) is 18.6 Å². The molecule has 1 heteroatoms. The van der Waals surface area contributed by atoms with Crippen LogP contribution >= 0.6 is 0 Å². The zero-order valence-electron chi connectivity index (χ0n) is 3.73. The van der Waals surface area contributed by atoms with Crippen LogP contribution in [0.5, 0.6) is 0 Å². The standard InChI is InChI=1S/C4H9.V/c1-4(2)3;/h4H,1H2,2-3H3;/q-1;+2. The molecule has 0 atom stereocenters. The monoisotopic (exact) mass is 108 g/mol. The Hall–Kier alpha value is 0.584. The Morgan fingerprint density at radius 1 is 1.40 bits per heavy atom. The summed E-state index contributed by atoms with van der Waals surface area (Å²) in [6.07, 6.45) is 0. The van der Waals surface area contributed by atoms with Crippen molar-refractivity contribution in [2.24, 2.45) is 5.92 Å². The van der Waals surface area contributed by atoms with Crippen LogP contribution in [0.25, 0.3) is 0 Å². The van der Waals surface area contributed by atoms with Crippen molar-refractivity contribution < 1.29 is 18.6 Å². The number of hydrogen-bond donors (Lipinski definition) is 0. The first kappa shape index (κ1) is 9.14. The largest absolute Gasteiger partial charge is 2.00 e. The third-order valence-corrected chi connectivity index (χ3v) is 0. The predicted octanol–water partition coefficient (Wildman–Crippen LogP) is 1.47. The van der Waals surface area contributed by atoms with Crippen molar-refractivity contribution in [2.75, 3.05) is 0 Å². The minimum Gasteiger partial charge on any atom is -0.341 e. The van der Waals surface area contributed by atoms with E-state index in [0.717, 1.165) is 0 Å². The van der Waals surface area contributed by atoms with Gasteiger partial charge in [0.2, 0.25) is 0 Å². The first-order chi connectivity index (χ1) is 1.73. The maximum atomic E-state index is 3.64. The SMILES string of the molecule is [CH2-]C(C)C.[V+2]. The summed E-state index contributed by atoms with van der Waals surface area (Å²) in [6.45, 7) is 7.75. The molecule has 0 saturated carbocycles. The van der Waals surface area contributed by atoms with E-state index in [4.69, 9.17) is 0 Å². The van der Waals surface area contributed by atoms with Crippen LogP contribution in [0.1, 0.15) is 13.8 Å². The smallest absolute Gasteiger partial charge is 0.341 e. The van der Waals surface area contributed by atoms with E-state index >= 15 is 0 Å². The number of hydrogen-bond acceptors (Lipinski definition) is 0. The van der Waals surface area contributed by atoms with Gasteiger partial charge in [-0.2, -0.15) is 5.92 Å². The van der Waals surface area contributed by atoms with Gasteiger partial charge in [0.1, 0.15) is 0 Å². The fourth-order valence-corrected chi connectivity index (χ4v) is 0. The second-order valence-electron chi connectivity index (χ2n) is 1.39. The molecule has 0 amide bonds. The van der Waals surface area contributed by atoms with E-state index in [2.05, 4.69) is 20.8 Å². The van der Waals surface area contributed by atoms with Crippen LogP contribution in [-0.4, -0.2) is 0 Å². The van der Waals surface area contributed by atoms with Crippen molar-refractivity contribution in [2.45, 2.75) is 13.8 Å². The second-order valence-corrected chi connectivity index (χ2v) is 1.39. The fraction of sp³-hybridized carbons (Fsp3) is 0.750. The molecule has 29 valence electrons. The topological polar surface area (TPSA) is 0 Å². The van der Waals surface area contributed by atoms with Crippen LogP contribution in [0.15, 0.2) is 0 Å². The Labute approximate surface area is 45.8 Å². The molecule has 0 nitrogen and oxygen atoms in total. The van der Waals surface area contributed by atoms with Crippen molar-refractivity contribution in [1.29, 1.82) is 0 Å². The van der Waals surface area contributed by atoms with Crippen molar-refractivity contribution in [3.8, 4) is 0 Å². The molecule has 0 aliphatic heterocycles. The summed E-state index contributed by atoms with van der Waals surface area (Å²) in [6, 6.07) is 0.